The van der Waals surface area contributed by atoms with E-state index >= 15 is 0 Å². The Labute approximate surface area is 163 Å². The number of carbonyl (C=O) groups is 1. The number of guanidine groups is 1. The molecule has 0 aliphatic carbocycles. The van der Waals surface area contributed by atoms with Gasteiger partial charge >= 0.3 is 5.97 Å². The van der Waals surface area contributed by atoms with Crippen molar-refractivity contribution in [2.24, 2.45) is 4.99 Å². The van der Waals surface area contributed by atoms with Crippen LogP contribution in [0.5, 0.6) is 0 Å². The van der Waals surface area contributed by atoms with Crippen LogP contribution in [0, 0.1) is 0 Å². The van der Waals surface area contributed by atoms with Crippen molar-refractivity contribution in [1.82, 2.24) is 15.5 Å². The maximum atomic E-state index is 11.8. The minimum atomic E-state index is -0.476. The van der Waals surface area contributed by atoms with E-state index in [9.17, 15) is 4.79 Å². The van der Waals surface area contributed by atoms with Crippen molar-refractivity contribution in [1.29, 1.82) is 0 Å². The Balaban J connectivity index is 0.00000529. The number of ether oxygens (including phenoxy) is 1. The lowest BCUT2D eigenvalue weighted by Crippen LogP contribution is -2.48. The molecule has 6 nitrogen and oxygen atoms in total. The molecule has 2 N–H and O–H groups in total. The minimum Gasteiger partial charge on any atom is -0.459 e. The predicted molar refractivity (Wildman–Crippen MR) is 110 cm³/mol. The zero-order valence-electron chi connectivity index (χ0n) is 15.4. The van der Waals surface area contributed by atoms with Crippen LogP contribution in [0.4, 0.5) is 0 Å². The Morgan fingerprint density at radius 3 is 2.50 bits per heavy atom. The van der Waals surface area contributed by atoms with E-state index in [4.69, 9.17) is 4.74 Å². The van der Waals surface area contributed by atoms with Crippen molar-refractivity contribution in [3.63, 3.8) is 0 Å². The molecule has 140 valence electrons. The number of aliphatic imine (C=N–C) groups is 1. The van der Waals surface area contributed by atoms with E-state index < -0.39 is 5.60 Å². The van der Waals surface area contributed by atoms with Crippen molar-refractivity contribution in [3.8, 4) is 0 Å². The molecule has 7 heteroatoms. The Morgan fingerprint density at radius 1 is 1.38 bits per heavy atom. The van der Waals surface area contributed by atoms with Crippen molar-refractivity contribution >= 4 is 35.9 Å². The summed E-state index contributed by atoms with van der Waals surface area (Å²) >= 11 is 0. The van der Waals surface area contributed by atoms with Gasteiger partial charge < -0.3 is 15.4 Å². The molecule has 0 saturated carbocycles. The Kier molecular flexibility index (Phi) is 11.3. The summed E-state index contributed by atoms with van der Waals surface area (Å²) in [6.07, 6.45) is 4.06. The average molecular weight is 452 g/mol. The topological polar surface area (TPSA) is 66.0 Å². The van der Waals surface area contributed by atoms with Crippen LogP contribution < -0.4 is 10.6 Å². The van der Waals surface area contributed by atoms with E-state index in [2.05, 4.69) is 27.1 Å². The largest absolute Gasteiger partial charge is 0.459 e. The fourth-order valence-electron chi connectivity index (χ4n) is 2.47. The lowest BCUT2D eigenvalue weighted by molar-refractivity contribution is -0.152. The molecule has 0 atom stereocenters. The number of piperidine rings is 1. The van der Waals surface area contributed by atoms with Crippen molar-refractivity contribution < 1.29 is 9.53 Å². The van der Waals surface area contributed by atoms with E-state index in [1.165, 1.54) is 0 Å². The molecule has 1 saturated heterocycles. The summed E-state index contributed by atoms with van der Waals surface area (Å²) < 4.78 is 5.28. The van der Waals surface area contributed by atoms with Crippen LogP contribution in [0.2, 0.25) is 0 Å². The normalized spacial score (nSPS) is 16.9. The summed E-state index contributed by atoms with van der Waals surface area (Å²) in [5.41, 5.74) is -0.476. The first-order chi connectivity index (χ1) is 10.8. The van der Waals surface area contributed by atoms with Crippen LogP contribution in [-0.2, 0) is 9.53 Å². The summed E-state index contributed by atoms with van der Waals surface area (Å²) in [5.74, 6) is 0.371. The minimum absolute atomic E-state index is 0. The fraction of sp³-hybridized carbons (Fsp3) is 0.765. The number of hydrogen-bond donors (Lipinski definition) is 2. The van der Waals surface area contributed by atoms with Gasteiger partial charge in [-0.05, 0) is 40.5 Å². The van der Waals surface area contributed by atoms with E-state index in [0.29, 0.717) is 12.0 Å². The highest BCUT2D eigenvalue weighted by Gasteiger charge is 2.20. The summed E-state index contributed by atoms with van der Waals surface area (Å²) in [6.45, 7) is 15.2. The molecule has 0 unspecified atom stereocenters. The Hall–Kier alpha value is -0.830. The molecule has 1 aliphatic rings. The predicted octanol–water partition coefficient (Wildman–Crippen LogP) is 2.15. The maximum Gasteiger partial charge on any atom is 0.328 e. The maximum absolute atomic E-state index is 11.8. The number of rotatable bonds is 6. The molecule has 0 radical (unpaired) electrons. The van der Waals surface area contributed by atoms with Gasteiger partial charge in [-0.2, -0.15) is 0 Å². The van der Waals surface area contributed by atoms with Crippen LogP contribution in [0.3, 0.4) is 0 Å². The number of esters is 1. The van der Waals surface area contributed by atoms with E-state index in [1.54, 1.807) is 0 Å². The van der Waals surface area contributed by atoms with Gasteiger partial charge in [0.05, 0.1) is 0 Å². The summed E-state index contributed by atoms with van der Waals surface area (Å²) in [5, 5.41) is 6.60. The summed E-state index contributed by atoms with van der Waals surface area (Å²) in [4.78, 5) is 18.5. The second kappa shape index (κ2) is 11.7. The third kappa shape index (κ3) is 10.1. The number of halogens is 1. The molecule has 0 amide bonds. The Bertz CT molecular complexity index is 413. The first kappa shape index (κ1) is 23.2. The molecule has 24 heavy (non-hydrogen) atoms. The van der Waals surface area contributed by atoms with Gasteiger partial charge in [0.25, 0.3) is 0 Å². The number of nitrogens with zero attached hydrogens (tertiary/aromatic N) is 2. The van der Waals surface area contributed by atoms with Gasteiger partial charge in [-0.15, -0.1) is 30.6 Å². The molecule has 0 aromatic heterocycles. The summed E-state index contributed by atoms with van der Waals surface area (Å²) in [6, 6.07) is 0.382. The van der Waals surface area contributed by atoms with Gasteiger partial charge in [0.15, 0.2) is 5.96 Å². The second-order valence-electron chi connectivity index (χ2n) is 6.79. The quantitative estimate of drug-likeness (QED) is 0.213. The standard InChI is InChI=1S/C17H32N4O2.HI/c1-6-10-21-11-8-14(9-12-21)20-16(18-7-2)19-13-15(22)23-17(3,4)5;/h6,14H,1,7-13H2,2-5H3,(H2,18,19,20);1H. The van der Waals surface area contributed by atoms with Gasteiger partial charge in [-0.25, -0.2) is 4.99 Å². The molecule has 1 heterocycles. The Morgan fingerprint density at radius 2 is 2.00 bits per heavy atom. The second-order valence-corrected chi connectivity index (χ2v) is 6.79. The molecule has 1 rings (SSSR count). The lowest BCUT2D eigenvalue weighted by Gasteiger charge is -2.32. The summed E-state index contributed by atoms with van der Waals surface area (Å²) in [7, 11) is 0. The third-order valence-corrected chi connectivity index (χ3v) is 3.45. The molecule has 0 bridgehead atoms. The number of nitrogens with one attached hydrogen (secondary N) is 2. The number of likely N-dealkylation sites (tertiary alicyclic amines) is 1. The fourth-order valence-corrected chi connectivity index (χ4v) is 2.47. The van der Waals surface area contributed by atoms with E-state index in [-0.39, 0.29) is 36.5 Å². The number of carbonyl (C=O) groups excluding carboxylic acids is 1. The zero-order chi connectivity index (χ0) is 17.3. The van der Waals surface area contributed by atoms with Gasteiger partial charge in [0.2, 0.25) is 0 Å². The van der Waals surface area contributed by atoms with Gasteiger partial charge in [-0.1, -0.05) is 6.08 Å². The molecule has 1 aliphatic heterocycles. The molecule has 0 aromatic carbocycles. The molecular formula is C17H33IN4O2. The number of hydrogen-bond acceptors (Lipinski definition) is 4. The molecule has 0 aromatic rings. The van der Waals surface area contributed by atoms with Crippen LogP contribution in [0.1, 0.15) is 40.5 Å². The highest BCUT2D eigenvalue weighted by molar-refractivity contribution is 14.0. The zero-order valence-corrected chi connectivity index (χ0v) is 17.8. The monoisotopic (exact) mass is 452 g/mol. The van der Waals surface area contributed by atoms with Crippen LogP contribution in [0.15, 0.2) is 17.6 Å². The smallest absolute Gasteiger partial charge is 0.328 e. The first-order valence-corrected chi connectivity index (χ1v) is 8.44. The molecule has 0 spiro atoms. The molecule has 1 fully saturated rings. The van der Waals surface area contributed by atoms with Gasteiger partial charge in [-0.3, -0.25) is 9.69 Å². The van der Waals surface area contributed by atoms with Crippen molar-refractivity contribution in [3.05, 3.63) is 12.7 Å². The highest BCUT2D eigenvalue weighted by atomic mass is 127. The highest BCUT2D eigenvalue weighted by Crippen LogP contribution is 2.10. The van der Waals surface area contributed by atoms with E-state index in [0.717, 1.165) is 39.0 Å². The van der Waals surface area contributed by atoms with Gasteiger partial charge in [0, 0.05) is 32.2 Å². The first-order valence-electron chi connectivity index (χ1n) is 8.44. The van der Waals surface area contributed by atoms with Crippen molar-refractivity contribution in [2.45, 2.75) is 52.2 Å². The van der Waals surface area contributed by atoms with Crippen molar-refractivity contribution in [2.75, 3.05) is 32.7 Å². The SMILES string of the molecule is C=CCN1CCC(NC(=NCC(=O)OC(C)(C)C)NCC)CC1.I. The van der Waals surface area contributed by atoms with Gasteiger partial charge in [0.1, 0.15) is 12.1 Å². The van der Waals surface area contributed by atoms with Crippen LogP contribution >= 0.6 is 24.0 Å². The average Bonchev–Trinajstić information content (AvgIpc) is 2.45. The van der Waals surface area contributed by atoms with Crippen LogP contribution in [0.25, 0.3) is 0 Å². The van der Waals surface area contributed by atoms with E-state index in [1.807, 2.05) is 33.8 Å². The molecular weight excluding hydrogens is 419 g/mol. The van der Waals surface area contributed by atoms with Crippen LogP contribution in [-0.4, -0.2) is 61.2 Å². The third-order valence-electron chi connectivity index (χ3n) is 3.45. The lowest BCUT2D eigenvalue weighted by atomic mass is 10.1.